The Morgan fingerprint density at radius 2 is 1.71 bits per heavy atom. The lowest BCUT2D eigenvalue weighted by atomic mass is 10.1. The van der Waals surface area contributed by atoms with E-state index in [9.17, 15) is 18.0 Å². The summed E-state index contributed by atoms with van der Waals surface area (Å²) in [6.07, 6.45) is 3.90. The van der Waals surface area contributed by atoms with Crippen molar-refractivity contribution in [2.75, 3.05) is 17.5 Å². The van der Waals surface area contributed by atoms with E-state index in [0.29, 0.717) is 17.4 Å². The predicted molar refractivity (Wildman–Crippen MR) is 165 cm³/mol. The number of aryl methyl sites for hydroxylation is 1. The summed E-state index contributed by atoms with van der Waals surface area (Å²) >= 11 is 6.23. The van der Waals surface area contributed by atoms with Crippen LogP contribution in [0.25, 0.3) is 0 Å². The topological polar surface area (TPSA) is 96.0 Å². The van der Waals surface area contributed by atoms with Gasteiger partial charge in [-0.2, -0.15) is 0 Å². The molecule has 0 aromatic heterocycles. The Morgan fingerprint density at radius 3 is 2.38 bits per heavy atom. The monoisotopic (exact) mass is 611 g/mol. The lowest BCUT2D eigenvalue weighted by molar-refractivity contribution is -0.139. The minimum atomic E-state index is -4.20. The SMILES string of the molecule is CCOc1ccccc1N(CC(=O)N(Cc1cccc(Cl)c1)[C@@H](C)C(=O)NC1CCCC1)S(=O)(=O)c1ccc(C)cc1. The van der Waals surface area contributed by atoms with E-state index < -0.39 is 28.5 Å². The van der Waals surface area contributed by atoms with Crippen LogP contribution in [0.4, 0.5) is 5.69 Å². The molecule has 0 saturated heterocycles. The van der Waals surface area contributed by atoms with Gasteiger partial charge >= 0.3 is 0 Å². The lowest BCUT2D eigenvalue weighted by Gasteiger charge is -2.33. The molecule has 1 fully saturated rings. The summed E-state index contributed by atoms with van der Waals surface area (Å²) in [5.41, 5.74) is 1.86. The third-order valence-corrected chi connectivity index (χ3v) is 9.44. The highest BCUT2D eigenvalue weighted by Crippen LogP contribution is 2.33. The highest BCUT2D eigenvalue weighted by molar-refractivity contribution is 7.92. The molecular formula is C32H38ClN3O5S. The van der Waals surface area contributed by atoms with E-state index in [0.717, 1.165) is 41.1 Å². The molecule has 1 N–H and O–H groups in total. The molecule has 1 aliphatic rings. The summed E-state index contributed by atoms with van der Waals surface area (Å²) in [4.78, 5) is 29.0. The van der Waals surface area contributed by atoms with Crippen molar-refractivity contribution in [3.05, 3.63) is 88.9 Å². The molecule has 0 aliphatic heterocycles. The van der Waals surface area contributed by atoms with Crippen LogP contribution in [0.15, 0.2) is 77.7 Å². The number of para-hydroxylation sites is 2. The predicted octanol–water partition coefficient (Wildman–Crippen LogP) is 5.72. The summed E-state index contributed by atoms with van der Waals surface area (Å²) < 4.78 is 35.0. The summed E-state index contributed by atoms with van der Waals surface area (Å²) in [5.74, 6) is -0.483. The van der Waals surface area contributed by atoms with Crippen LogP contribution in [0.2, 0.25) is 5.02 Å². The zero-order chi connectivity index (χ0) is 30.3. The summed E-state index contributed by atoms with van der Waals surface area (Å²) in [7, 11) is -4.20. The number of nitrogens with one attached hydrogen (secondary N) is 1. The third kappa shape index (κ3) is 7.63. The van der Waals surface area contributed by atoms with E-state index >= 15 is 0 Å². The molecule has 0 heterocycles. The second-order valence-corrected chi connectivity index (χ2v) is 12.8. The molecule has 0 spiro atoms. The van der Waals surface area contributed by atoms with Crippen molar-refractivity contribution in [1.82, 2.24) is 10.2 Å². The van der Waals surface area contributed by atoms with Gasteiger partial charge in [0.1, 0.15) is 18.3 Å². The van der Waals surface area contributed by atoms with Gasteiger partial charge in [-0.1, -0.05) is 66.4 Å². The normalized spacial score (nSPS) is 14.3. The fraction of sp³-hybridized carbons (Fsp3) is 0.375. The summed E-state index contributed by atoms with van der Waals surface area (Å²) in [6, 6.07) is 19.4. The van der Waals surface area contributed by atoms with Gasteiger partial charge in [0.25, 0.3) is 10.0 Å². The standard InChI is InChI=1S/C32H38ClN3O5S/c1-4-41-30-15-8-7-14-29(30)36(42(39,40)28-18-16-23(2)17-19-28)22-31(37)35(21-25-10-9-11-26(33)20-25)24(3)32(38)34-27-12-5-6-13-27/h7-11,14-20,24,27H,4-6,12-13,21-22H2,1-3H3,(H,34,38)/t24-/m0/s1. The number of anilines is 1. The molecule has 1 atom stereocenters. The number of sulfonamides is 1. The van der Waals surface area contributed by atoms with Crippen molar-refractivity contribution in [3.8, 4) is 5.75 Å². The van der Waals surface area contributed by atoms with Gasteiger partial charge in [-0.15, -0.1) is 0 Å². The first-order chi connectivity index (χ1) is 20.1. The third-order valence-electron chi connectivity index (χ3n) is 7.43. The minimum absolute atomic E-state index is 0.0422. The van der Waals surface area contributed by atoms with E-state index in [-0.39, 0.29) is 29.1 Å². The molecule has 4 rings (SSSR count). The highest BCUT2D eigenvalue weighted by Gasteiger charge is 2.34. The van der Waals surface area contributed by atoms with Gasteiger partial charge in [0, 0.05) is 17.6 Å². The quantitative estimate of drug-likeness (QED) is 0.283. The minimum Gasteiger partial charge on any atom is -0.492 e. The largest absolute Gasteiger partial charge is 0.492 e. The first kappa shape index (κ1) is 31.4. The van der Waals surface area contributed by atoms with Gasteiger partial charge in [-0.3, -0.25) is 13.9 Å². The highest BCUT2D eigenvalue weighted by atomic mass is 35.5. The number of nitrogens with zero attached hydrogens (tertiary/aromatic N) is 2. The fourth-order valence-corrected chi connectivity index (χ4v) is 6.74. The molecule has 1 saturated carbocycles. The fourth-order valence-electron chi connectivity index (χ4n) is 5.10. The van der Waals surface area contributed by atoms with E-state index in [1.165, 1.54) is 17.0 Å². The first-order valence-corrected chi connectivity index (χ1v) is 16.1. The Bertz CT molecular complexity index is 1490. The molecular weight excluding hydrogens is 574 g/mol. The van der Waals surface area contributed by atoms with E-state index in [4.69, 9.17) is 16.3 Å². The van der Waals surface area contributed by atoms with Crippen LogP contribution in [0.3, 0.4) is 0 Å². The molecule has 1 aliphatic carbocycles. The molecule has 2 amide bonds. The van der Waals surface area contributed by atoms with Gasteiger partial charge in [-0.05, 0) is 75.6 Å². The van der Waals surface area contributed by atoms with Crippen molar-refractivity contribution in [3.63, 3.8) is 0 Å². The van der Waals surface area contributed by atoms with Gasteiger partial charge in [0.15, 0.2) is 0 Å². The Hall–Kier alpha value is -3.56. The van der Waals surface area contributed by atoms with Gasteiger partial charge in [0.05, 0.1) is 17.2 Å². The zero-order valence-electron chi connectivity index (χ0n) is 24.3. The van der Waals surface area contributed by atoms with E-state index in [1.54, 1.807) is 68.4 Å². The molecule has 3 aromatic rings. The van der Waals surface area contributed by atoms with Crippen LogP contribution in [-0.4, -0.2) is 50.4 Å². The van der Waals surface area contributed by atoms with Crippen molar-refractivity contribution in [2.45, 2.75) is 70.0 Å². The van der Waals surface area contributed by atoms with Crippen LogP contribution in [0.5, 0.6) is 5.75 Å². The lowest BCUT2D eigenvalue weighted by Crippen LogP contribution is -2.52. The Labute approximate surface area is 253 Å². The van der Waals surface area contributed by atoms with E-state index in [2.05, 4.69) is 5.32 Å². The Kier molecular flexibility index (Phi) is 10.5. The maximum absolute atomic E-state index is 14.2. The Balaban J connectivity index is 1.72. The van der Waals surface area contributed by atoms with Gasteiger partial charge in [-0.25, -0.2) is 8.42 Å². The number of rotatable bonds is 12. The molecule has 0 bridgehead atoms. The number of halogens is 1. The van der Waals surface area contributed by atoms with E-state index in [1.807, 2.05) is 13.0 Å². The smallest absolute Gasteiger partial charge is 0.264 e. The second-order valence-electron chi connectivity index (χ2n) is 10.5. The molecule has 224 valence electrons. The number of amides is 2. The first-order valence-electron chi connectivity index (χ1n) is 14.3. The summed E-state index contributed by atoms with van der Waals surface area (Å²) in [5, 5.41) is 3.57. The number of benzene rings is 3. The van der Waals surface area contributed by atoms with Crippen molar-refractivity contribution in [2.24, 2.45) is 0 Å². The average Bonchev–Trinajstić information content (AvgIpc) is 3.48. The molecule has 0 unspecified atom stereocenters. The zero-order valence-corrected chi connectivity index (χ0v) is 25.8. The number of carbonyl (C=O) groups is 2. The maximum Gasteiger partial charge on any atom is 0.264 e. The number of carbonyl (C=O) groups excluding carboxylic acids is 2. The van der Waals surface area contributed by atoms with Crippen LogP contribution in [0.1, 0.15) is 50.7 Å². The van der Waals surface area contributed by atoms with Crippen LogP contribution < -0.4 is 14.4 Å². The van der Waals surface area contributed by atoms with Crippen LogP contribution in [-0.2, 0) is 26.2 Å². The van der Waals surface area contributed by atoms with Crippen molar-refractivity contribution >= 4 is 39.1 Å². The molecule has 8 nitrogen and oxygen atoms in total. The number of hydrogen-bond acceptors (Lipinski definition) is 5. The molecule has 0 radical (unpaired) electrons. The van der Waals surface area contributed by atoms with Crippen LogP contribution in [0, 0.1) is 6.92 Å². The van der Waals surface area contributed by atoms with Crippen molar-refractivity contribution < 1.29 is 22.7 Å². The number of ether oxygens (including phenoxy) is 1. The van der Waals surface area contributed by atoms with Crippen molar-refractivity contribution in [1.29, 1.82) is 0 Å². The van der Waals surface area contributed by atoms with Crippen LogP contribution >= 0.6 is 11.6 Å². The average molecular weight is 612 g/mol. The second kappa shape index (κ2) is 14.1. The van der Waals surface area contributed by atoms with Gasteiger partial charge < -0.3 is 15.0 Å². The maximum atomic E-state index is 14.2. The molecule has 42 heavy (non-hydrogen) atoms. The number of hydrogen-bond donors (Lipinski definition) is 1. The summed E-state index contributed by atoms with van der Waals surface area (Å²) in [6.45, 7) is 5.18. The Morgan fingerprint density at radius 1 is 1.02 bits per heavy atom. The molecule has 3 aromatic carbocycles. The molecule has 10 heteroatoms. The van der Waals surface area contributed by atoms with Gasteiger partial charge in [0.2, 0.25) is 11.8 Å².